The maximum absolute atomic E-state index is 4.24. The molecule has 2 aromatic rings. The number of nitrogens with one attached hydrogen (secondary N) is 1. The summed E-state index contributed by atoms with van der Waals surface area (Å²) < 4.78 is 3.78. The Hall–Kier alpha value is -1.69. The fourth-order valence-corrected chi connectivity index (χ4v) is 1.72. The summed E-state index contributed by atoms with van der Waals surface area (Å²) in [7, 11) is 0. The van der Waals surface area contributed by atoms with Crippen LogP contribution in [0, 0.1) is 6.92 Å². The fraction of sp³-hybridized carbons (Fsp3) is 0.583. The van der Waals surface area contributed by atoms with Gasteiger partial charge in [0.2, 0.25) is 0 Å². The van der Waals surface area contributed by atoms with Crippen LogP contribution in [0.25, 0.3) is 0 Å². The third-order valence-electron chi connectivity index (χ3n) is 2.64. The minimum Gasteiger partial charge on any atom is -0.311 e. The van der Waals surface area contributed by atoms with Gasteiger partial charge in [-0.2, -0.15) is 5.10 Å². The predicted octanol–water partition coefficient (Wildman–Crippen LogP) is 0.983. The minimum absolute atomic E-state index is 0.786. The number of hydrogen-bond donors (Lipinski definition) is 1. The molecule has 98 valence electrons. The average molecular weight is 248 g/mol. The van der Waals surface area contributed by atoms with Crippen LogP contribution < -0.4 is 5.32 Å². The van der Waals surface area contributed by atoms with Crippen LogP contribution in [0.5, 0.6) is 0 Å². The zero-order valence-electron chi connectivity index (χ0n) is 11.0. The maximum Gasteiger partial charge on any atom is 0.0964 e. The molecular formula is C12H20N6. The van der Waals surface area contributed by atoms with Gasteiger partial charge in [0.15, 0.2) is 0 Å². The van der Waals surface area contributed by atoms with Gasteiger partial charge in [-0.3, -0.25) is 9.36 Å². The first-order chi connectivity index (χ1) is 8.78. The molecule has 0 atom stereocenters. The molecule has 2 heterocycles. The van der Waals surface area contributed by atoms with Gasteiger partial charge >= 0.3 is 0 Å². The second-order valence-electron chi connectivity index (χ2n) is 4.43. The zero-order valence-corrected chi connectivity index (χ0v) is 11.0. The first-order valence-electron chi connectivity index (χ1n) is 6.36. The highest BCUT2D eigenvalue weighted by Crippen LogP contribution is 1.97. The topological polar surface area (TPSA) is 60.6 Å². The highest BCUT2D eigenvalue weighted by molar-refractivity contribution is 4.99. The van der Waals surface area contributed by atoms with Crippen molar-refractivity contribution in [2.75, 3.05) is 6.54 Å². The van der Waals surface area contributed by atoms with Crippen LogP contribution in [0.1, 0.15) is 24.6 Å². The molecule has 0 spiro atoms. The highest BCUT2D eigenvalue weighted by atomic mass is 15.4. The summed E-state index contributed by atoms with van der Waals surface area (Å²) in [6.45, 7) is 7.60. The molecule has 18 heavy (non-hydrogen) atoms. The van der Waals surface area contributed by atoms with Gasteiger partial charge in [0.1, 0.15) is 0 Å². The van der Waals surface area contributed by atoms with E-state index in [1.807, 2.05) is 34.9 Å². The van der Waals surface area contributed by atoms with Crippen molar-refractivity contribution in [3.05, 3.63) is 29.8 Å². The Balaban J connectivity index is 1.79. The molecule has 0 aromatic carbocycles. The standard InChI is InChI=1S/C12H20N6/c1-3-4-13-8-12-10-18(16-15-12)6-5-17-9-11(2)7-14-17/h7,9-10,13H,3-6,8H2,1-2H3. The largest absolute Gasteiger partial charge is 0.311 e. The van der Waals surface area contributed by atoms with E-state index in [1.54, 1.807) is 0 Å². The van der Waals surface area contributed by atoms with E-state index in [2.05, 4.69) is 27.7 Å². The third-order valence-corrected chi connectivity index (χ3v) is 2.64. The third kappa shape index (κ3) is 3.66. The van der Waals surface area contributed by atoms with Crippen LogP contribution >= 0.6 is 0 Å². The average Bonchev–Trinajstić information content (AvgIpc) is 2.96. The Bertz CT molecular complexity index is 472. The van der Waals surface area contributed by atoms with Gasteiger partial charge in [0, 0.05) is 18.9 Å². The van der Waals surface area contributed by atoms with E-state index in [0.717, 1.165) is 38.3 Å². The molecule has 2 aromatic heterocycles. The van der Waals surface area contributed by atoms with Gasteiger partial charge in [-0.05, 0) is 25.5 Å². The van der Waals surface area contributed by atoms with Crippen molar-refractivity contribution >= 4 is 0 Å². The normalized spacial score (nSPS) is 11.0. The van der Waals surface area contributed by atoms with Crippen LogP contribution in [-0.2, 0) is 19.6 Å². The molecule has 0 fully saturated rings. The lowest BCUT2D eigenvalue weighted by Gasteiger charge is -2.00. The van der Waals surface area contributed by atoms with Crippen molar-refractivity contribution in [1.82, 2.24) is 30.1 Å². The SMILES string of the molecule is CCCNCc1cn(CCn2cc(C)cn2)nn1. The number of rotatable bonds is 7. The first-order valence-corrected chi connectivity index (χ1v) is 6.36. The van der Waals surface area contributed by atoms with E-state index >= 15 is 0 Å². The molecule has 6 nitrogen and oxygen atoms in total. The highest BCUT2D eigenvalue weighted by Gasteiger charge is 2.01. The molecule has 0 aliphatic heterocycles. The summed E-state index contributed by atoms with van der Waals surface area (Å²) >= 11 is 0. The fourth-order valence-electron chi connectivity index (χ4n) is 1.72. The lowest BCUT2D eigenvalue weighted by molar-refractivity contribution is 0.489. The molecule has 0 saturated carbocycles. The van der Waals surface area contributed by atoms with Crippen LogP contribution in [-0.4, -0.2) is 31.3 Å². The molecule has 6 heteroatoms. The summed E-state index contributed by atoms with van der Waals surface area (Å²) in [6.07, 6.45) is 7.01. The van der Waals surface area contributed by atoms with Gasteiger partial charge in [0.25, 0.3) is 0 Å². The lowest BCUT2D eigenvalue weighted by atomic mass is 10.4. The Morgan fingerprint density at radius 2 is 2.06 bits per heavy atom. The number of aryl methyl sites for hydroxylation is 3. The van der Waals surface area contributed by atoms with Crippen molar-refractivity contribution in [2.24, 2.45) is 0 Å². The summed E-state index contributed by atoms with van der Waals surface area (Å²) in [5.74, 6) is 0. The van der Waals surface area contributed by atoms with Crippen LogP contribution in [0.3, 0.4) is 0 Å². The molecule has 1 N–H and O–H groups in total. The van der Waals surface area contributed by atoms with Gasteiger partial charge in [-0.15, -0.1) is 5.10 Å². The Morgan fingerprint density at radius 3 is 2.78 bits per heavy atom. The van der Waals surface area contributed by atoms with E-state index in [-0.39, 0.29) is 0 Å². The van der Waals surface area contributed by atoms with Crippen molar-refractivity contribution < 1.29 is 0 Å². The molecule has 0 radical (unpaired) electrons. The van der Waals surface area contributed by atoms with E-state index in [1.165, 1.54) is 5.56 Å². The van der Waals surface area contributed by atoms with Crippen molar-refractivity contribution in [3.8, 4) is 0 Å². The summed E-state index contributed by atoms with van der Waals surface area (Å²) in [5, 5.41) is 15.8. The quantitative estimate of drug-likeness (QED) is 0.742. The molecule has 0 amide bonds. The van der Waals surface area contributed by atoms with Gasteiger partial charge < -0.3 is 5.32 Å². The molecule has 0 saturated heterocycles. The van der Waals surface area contributed by atoms with E-state index in [9.17, 15) is 0 Å². The minimum atomic E-state index is 0.786. The van der Waals surface area contributed by atoms with E-state index in [0.29, 0.717) is 0 Å². The molecule has 0 aliphatic rings. The summed E-state index contributed by atoms with van der Waals surface area (Å²) in [5.41, 5.74) is 2.16. The van der Waals surface area contributed by atoms with E-state index in [4.69, 9.17) is 0 Å². The Morgan fingerprint density at radius 1 is 1.22 bits per heavy atom. The smallest absolute Gasteiger partial charge is 0.0964 e. The van der Waals surface area contributed by atoms with Crippen LogP contribution in [0.2, 0.25) is 0 Å². The summed E-state index contributed by atoms with van der Waals surface area (Å²) in [4.78, 5) is 0. The zero-order chi connectivity index (χ0) is 12.8. The second kappa shape index (κ2) is 6.30. The Labute approximate surface area is 107 Å². The second-order valence-corrected chi connectivity index (χ2v) is 4.43. The van der Waals surface area contributed by atoms with Crippen LogP contribution in [0.4, 0.5) is 0 Å². The van der Waals surface area contributed by atoms with Gasteiger partial charge in [0.05, 0.1) is 25.0 Å². The van der Waals surface area contributed by atoms with Gasteiger partial charge in [-0.25, -0.2) is 0 Å². The summed E-state index contributed by atoms with van der Waals surface area (Å²) in [6, 6.07) is 0. The van der Waals surface area contributed by atoms with Gasteiger partial charge in [-0.1, -0.05) is 12.1 Å². The van der Waals surface area contributed by atoms with Crippen molar-refractivity contribution in [2.45, 2.75) is 39.9 Å². The van der Waals surface area contributed by atoms with E-state index < -0.39 is 0 Å². The van der Waals surface area contributed by atoms with Crippen molar-refractivity contribution in [1.29, 1.82) is 0 Å². The predicted molar refractivity (Wildman–Crippen MR) is 69.0 cm³/mol. The Kier molecular flexibility index (Phi) is 4.46. The molecule has 2 rings (SSSR count). The molecule has 0 bridgehead atoms. The molecule has 0 unspecified atom stereocenters. The molecule has 0 aliphatic carbocycles. The first kappa shape index (κ1) is 12.8. The lowest BCUT2D eigenvalue weighted by Crippen LogP contribution is -2.14. The monoisotopic (exact) mass is 248 g/mol. The number of hydrogen-bond acceptors (Lipinski definition) is 4. The maximum atomic E-state index is 4.24. The van der Waals surface area contributed by atoms with Crippen molar-refractivity contribution in [3.63, 3.8) is 0 Å². The van der Waals surface area contributed by atoms with Crippen LogP contribution in [0.15, 0.2) is 18.6 Å². The number of nitrogens with zero attached hydrogens (tertiary/aromatic N) is 5. The molecular weight excluding hydrogens is 228 g/mol. The number of aromatic nitrogens is 5.